The zero-order chi connectivity index (χ0) is 20.4. The molecule has 5 heteroatoms. The Morgan fingerprint density at radius 1 is 1.07 bits per heavy atom. The number of aromatic amines is 1. The maximum atomic E-state index is 13.4. The molecule has 0 bridgehead atoms. The first-order chi connectivity index (χ1) is 14.0. The number of fused-ring (bicyclic) bond motifs is 1. The quantitative estimate of drug-likeness (QED) is 0.720. The van der Waals surface area contributed by atoms with Crippen LogP contribution in [0.4, 0.5) is 0 Å². The molecule has 1 aliphatic heterocycles. The number of hydrogen-bond donors (Lipinski definition) is 1. The molecule has 0 radical (unpaired) electrons. The predicted molar refractivity (Wildman–Crippen MR) is 116 cm³/mol. The van der Waals surface area contributed by atoms with Gasteiger partial charge in [0.25, 0.3) is 0 Å². The molecule has 1 fully saturated rings. The number of carbonyl (C=O) groups is 1. The first-order valence-electron chi connectivity index (χ1n) is 10.2. The fourth-order valence-electron chi connectivity index (χ4n) is 4.20. The summed E-state index contributed by atoms with van der Waals surface area (Å²) in [7, 11) is 1.67. The van der Waals surface area contributed by atoms with Gasteiger partial charge in [0.05, 0.1) is 12.5 Å². The van der Waals surface area contributed by atoms with Gasteiger partial charge in [0, 0.05) is 49.8 Å². The highest BCUT2D eigenvalue weighted by molar-refractivity contribution is 5.95. The van der Waals surface area contributed by atoms with Gasteiger partial charge in [0.1, 0.15) is 5.75 Å². The summed E-state index contributed by atoms with van der Waals surface area (Å²) in [5, 5.41) is 1.05. The summed E-state index contributed by atoms with van der Waals surface area (Å²) in [5.41, 5.74) is 2.75. The largest absolute Gasteiger partial charge is 0.497 e. The predicted octanol–water partition coefficient (Wildman–Crippen LogP) is 3.80. The van der Waals surface area contributed by atoms with E-state index in [-0.39, 0.29) is 5.91 Å². The van der Waals surface area contributed by atoms with Gasteiger partial charge in [-0.15, -0.1) is 0 Å². The summed E-state index contributed by atoms with van der Waals surface area (Å²) in [6.07, 6.45) is 1.97. The molecule has 0 atom stereocenters. The van der Waals surface area contributed by atoms with Crippen molar-refractivity contribution in [1.82, 2.24) is 14.8 Å². The van der Waals surface area contributed by atoms with Crippen molar-refractivity contribution >= 4 is 16.8 Å². The van der Waals surface area contributed by atoms with E-state index >= 15 is 0 Å². The number of benzene rings is 2. The summed E-state index contributed by atoms with van der Waals surface area (Å²) < 4.78 is 5.38. The molecule has 5 nitrogen and oxygen atoms in total. The van der Waals surface area contributed by atoms with Gasteiger partial charge in [-0.05, 0) is 43.2 Å². The van der Waals surface area contributed by atoms with Crippen LogP contribution in [0.25, 0.3) is 10.9 Å². The number of ether oxygens (including phenoxy) is 1. The zero-order valence-electron chi connectivity index (χ0n) is 17.4. The number of nitrogens with zero attached hydrogens (tertiary/aromatic N) is 2. The summed E-state index contributed by atoms with van der Waals surface area (Å²) >= 11 is 0. The average molecular weight is 392 g/mol. The third kappa shape index (κ3) is 3.87. The van der Waals surface area contributed by atoms with E-state index in [1.165, 1.54) is 5.56 Å². The second-order valence-electron chi connectivity index (χ2n) is 8.29. The molecule has 29 heavy (non-hydrogen) atoms. The molecule has 1 saturated heterocycles. The van der Waals surface area contributed by atoms with Gasteiger partial charge in [0.2, 0.25) is 5.91 Å². The van der Waals surface area contributed by atoms with Crippen LogP contribution >= 0.6 is 0 Å². The Balaban J connectivity index is 1.47. The fraction of sp³-hybridized carbons (Fsp3) is 0.375. The van der Waals surface area contributed by atoms with Gasteiger partial charge in [0.15, 0.2) is 0 Å². The van der Waals surface area contributed by atoms with Crippen LogP contribution in [0.5, 0.6) is 5.75 Å². The molecule has 4 rings (SSSR count). The Hall–Kier alpha value is -2.79. The lowest BCUT2D eigenvalue weighted by Gasteiger charge is -2.38. The van der Waals surface area contributed by atoms with E-state index in [1.54, 1.807) is 7.11 Å². The monoisotopic (exact) mass is 391 g/mol. The van der Waals surface area contributed by atoms with Crippen LogP contribution in [0.1, 0.15) is 25.0 Å². The smallest absolute Gasteiger partial charge is 0.232 e. The van der Waals surface area contributed by atoms with Gasteiger partial charge in [-0.1, -0.05) is 30.3 Å². The number of aromatic nitrogens is 1. The maximum absolute atomic E-state index is 13.4. The standard InChI is InChI=1S/C24H29N3O2/c1-24(2,21-16-25-22-10-9-19(29-3)15-20(21)22)23(28)27-13-11-26(12-14-27)17-18-7-5-4-6-8-18/h4-10,15-16,25H,11-14,17H2,1-3H3. The third-order valence-electron chi connectivity index (χ3n) is 6.01. The third-order valence-corrected chi connectivity index (χ3v) is 6.01. The van der Waals surface area contributed by atoms with Gasteiger partial charge >= 0.3 is 0 Å². The molecular weight excluding hydrogens is 362 g/mol. The van der Waals surface area contributed by atoms with Gasteiger partial charge in [-0.25, -0.2) is 0 Å². The highest BCUT2D eigenvalue weighted by Gasteiger charge is 2.36. The summed E-state index contributed by atoms with van der Waals surface area (Å²) in [5.74, 6) is 0.983. The minimum absolute atomic E-state index is 0.181. The number of hydrogen-bond acceptors (Lipinski definition) is 3. The van der Waals surface area contributed by atoms with E-state index in [2.05, 4.69) is 34.1 Å². The minimum Gasteiger partial charge on any atom is -0.497 e. The van der Waals surface area contributed by atoms with Crippen LogP contribution < -0.4 is 4.74 Å². The molecule has 0 spiro atoms. The van der Waals surface area contributed by atoms with E-state index in [0.717, 1.165) is 54.9 Å². The Bertz CT molecular complexity index is 986. The number of carbonyl (C=O) groups excluding carboxylic acids is 1. The second kappa shape index (κ2) is 7.91. The Labute approximate surface area is 172 Å². The molecule has 0 aliphatic carbocycles. The molecular formula is C24H29N3O2. The van der Waals surface area contributed by atoms with Crippen molar-refractivity contribution in [3.63, 3.8) is 0 Å². The lowest BCUT2D eigenvalue weighted by molar-refractivity contribution is -0.138. The normalized spacial score (nSPS) is 15.6. The summed E-state index contributed by atoms with van der Waals surface area (Å²) in [6, 6.07) is 16.5. The van der Waals surface area contributed by atoms with Crippen molar-refractivity contribution in [1.29, 1.82) is 0 Å². The molecule has 3 aromatic rings. The van der Waals surface area contributed by atoms with Crippen LogP contribution in [0.2, 0.25) is 0 Å². The molecule has 0 saturated carbocycles. The van der Waals surface area contributed by atoms with Crippen LogP contribution in [0.3, 0.4) is 0 Å². The fourth-order valence-corrected chi connectivity index (χ4v) is 4.20. The Morgan fingerprint density at radius 2 is 1.79 bits per heavy atom. The van der Waals surface area contributed by atoms with Crippen LogP contribution in [0.15, 0.2) is 54.7 Å². The first kappa shape index (κ1) is 19.5. The van der Waals surface area contributed by atoms with Gasteiger partial charge < -0.3 is 14.6 Å². The van der Waals surface area contributed by atoms with Gasteiger partial charge in [-0.2, -0.15) is 0 Å². The highest BCUT2D eigenvalue weighted by atomic mass is 16.5. The van der Waals surface area contributed by atoms with Crippen LogP contribution in [0, 0.1) is 0 Å². The van der Waals surface area contributed by atoms with Crippen LogP contribution in [-0.2, 0) is 16.8 Å². The van der Waals surface area contributed by atoms with Crippen molar-refractivity contribution < 1.29 is 9.53 Å². The van der Waals surface area contributed by atoms with Crippen molar-refractivity contribution in [2.45, 2.75) is 25.8 Å². The minimum atomic E-state index is -0.605. The number of rotatable bonds is 5. The van der Waals surface area contributed by atoms with E-state index in [0.29, 0.717) is 0 Å². The number of piperazine rings is 1. The number of H-pyrrole nitrogens is 1. The summed E-state index contributed by atoms with van der Waals surface area (Å²) in [6.45, 7) is 8.31. The molecule has 2 heterocycles. The van der Waals surface area contributed by atoms with E-state index in [4.69, 9.17) is 4.74 Å². The molecule has 0 unspecified atom stereocenters. The number of methoxy groups -OCH3 is 1. The van der Waals surface area contributed by atoms with Crippen LogP contribution in [-0.4, -0.2) is 54.0 Å². The molecule has 1 aliphatic rings. The molecule has 1 N–H and O–H groups in total. The highest BCUT2D eigenvalue weighted by Crippen LogP contribution is 2.34. The topological polar surface area (TPSA) is 48.6 Å². The SMILES string of the molecule is COc1ccc2[nH]cc(C(C)(C)C(=O)N3CCN(Cc4ccccc4)CC3)c2c1. The Kier molecular flexibility index (Phi) is 5.33. The first-order valence-corrected chi connectivity index (χ1v) is 10.2. The number of nitrogens with one attached hydrogen (secondary N) is 1. The Morgan fingerprint density at radius 3 is 2.48 bits per heavy atom. The molecule has 1 amide bonds. The van der Waals surface area contributed by atoms with Gasteiger partial charge in [-0.3, -0.25) is 9.69 Å². The molecule has 152 valence electrons. The van der Waals surface area contributed by atoms with Crippen molar-refractivity contribution in [3.8, 4) is 5.75 Å². The van der Waals surface area contributed by atoms with Crippen molar-refractivity contribution in [3.05, 3.63) is 65.9 Å². The van der Waals surface area contributed by atoms with E-state index in [9.17, 15) is 4.79 Å². The lowest BCUT2D eigenvalue weighted by atomic mass is 9.82. The lowest BCUT2D eigenvalue weighted by Crippen LogP contribution is -2.52. The zero-order valence-corrected chi connectivity index (χ0v) is 17.4. The van der Waals surface area contributed by atoms with Crippen molar-refractivity contribution in [2.24, 2.45) is 0 Å². The maximum Gasteiger partial charge on any atom is 0.232 e. The average Bonchev–Trinajstić information content (AvgIpc) is 3.18. The summed E-state index contributed by atoms with van der Waals surface area (Å²) in [4.78, 5) is 21.2. The second-order valence-corrected chi connectivity index (χ2v) is 8.29. The van der Waals surface area contributed by atoms with Crippen molar-refractivity contribution in [2.75, 3.05) is 33.3 Å². The van der Waals surface area contributed by atoms with E-state index in [1.807, 2.05) is 49.2 Å². The molecule has 1 aromatic heterocycles. The number of amides is 1. The van der Waals surface area contributed by atoms with E-state index < -0.39 is 5.41 Å². The molecule has 2 aromatic carbocycles.